The number of hydrogen-bond acceptors (Lipinski definition) is 0. The lowest BCUT2D eigenvalue weighted by Crippen LogP contribution is -1.69. The summed E-state index contributed by atoms with van der Waals surface area (Å²) in [4.78, 5) is 0. The van der Waals surface area contributed by atoms with Crippen LogP contribution in [0.2, 0.25) is 0 Å². The van der Waals surface area contributed by atoms with E-state index in [1.54, 1.807) is 0 Å². The third-order valence-electron chi connectivity index (χ3n) is 0.787. The third kappa shape index (κ3) is 3.67. The van der Waals surface area contributed by atoms with E-state index in [4.69, 9.17) is 0 Å². The van der Waals surface area contributed by atoms with Gasteiger partial charge in [-0.3, -0.25) is 0 Å². The Morgan fingerprint density at radius 2 is 1.44 bits per heavy atom. The highest BCUT2D eigenvalue weighted by Crippen LogP contribution is 2.08. The van der Waals surface area contributed by atoms with E-state index in [0.29, 0.717) is 0 Å². The van der Waals surface area contributed by atoms with Gasteiger partial charge in [-0.25, -0.2) is 0 Å². The predicted octanol–water partition coefficient (Wildman–Crippen LogP) is 3.01. The molecule has 0 atom stereocenters. The molecule has 3 heteroatoms. The molecule has 0 unspecified atom stereocenters. The Morgan fingerprint density at radius 3 is 1.67 bits per heavy atom. The summed E-state index contributed by atoms with van der Waals surface area (Å²) in [5.41, 5.74) is 0. The molecule has 0 aliphatic rings. The highest BCUT2D eigenvalue weighted by Gasteiger charge is 1.83. The molecule has 50 valence electrons. The summed E-state index contributed by atoms with van der Waals surface area (Å²) in [5, 5.41) is 0. The van der Waals surface area contributed by atoms with E-state index < -0.39 is 0 Å². The van der Waals surface area contributed by atoms with Crippen LogP contribution in [0.25, 0.3) is 0 Å². The summed E-state index contributed by atoms with van der Waals surface area (Å²) < 4.78 is 2.60. The molecule has 1 aromatic rings. The van der Waals surface area contributed by atoms with E-state index in [0.717, 1.165) is 0 Å². The average molecular weight is 364 g/mol. The zero-order valence-corrected chi connectivity index (χ0v) is 9.88. The van der Waals surface area contributed by atoms with Crippen LogP contribution >= 0.6 is 58.7 Å². The van der Waals surface area contributed by atoms with Gasteiger partial charge in [0.15, 0.2) is 0 Å². The van der Waals surface area contributed by atoms with Crippen molar-refractivity contribution in [1.82, 2.24) is 0 Å². The van der Waals surface area contributed by atoms with Gasteiger partial charge in [-0.05, 0) is 63.4 Å². The van der Waals surface area contributed by atoms with Crippen LogP contribution in [0.3, 0.4) is 0 Å². The van der Waals surface area contributed by atoms with Crippen molar-refractivity contribution in [2.45, 2.75) is 0 Å². The van der Waals surface area contributed by atoms with Crippen LogP contribution in [0.5, 0.6) is 0 Å². The topological polar surface area (TPSA) is 0 Å². The minimum Gasteiger partial charge on any atom is -0.197 e. The van der Waals surface area contributed by atoms with Crippen LogP contribution in [0.15, 0.2) is 24.3 Å². The van der Waals surface area contributed by atoms with Gasteiger partial charge in [0.2, 0.25) is 0 Å². The van der Waals surface area contributed by atoms with Crippen LogP contribution in [0.1, 0.15) is 0 Å². The maximum absolute atomic E-state index is 2.30. The zero-order chi connectivity index (χ0) is 5.98. The molecule has 0 nitrogen and oxygen atoms in total. The summed E-state index contributed by atoms with van der Waals surface area (Å²) in [5.74, 6) is 0. The van der Waals surface area contributed by atoms with Gasteiger partial charge in [0.1, 0.15) is 0 Å². The third-order valence-corrected chi connectivity index (χ3v) is 2.13. The van der Waals surface area contributed by atoms with Crippen molar-refractivity contribution in [2.75, 3.05) is 0 Å². The fraction of sp³-hybridized carbons (Fsp3) is 0. The first-order chi connectivity index (χ1) is 3.79. The first kappa shape index (κ1) is 10.0. The average Bonchev–Trinajstić information content (AvgIpc) is 1.64. The van der Waals surface area contributed by atoms with Crippen LogP contribution in [0, 0.1) is 7.14 Å². The molecular formula is C6H6I2S. The second-order valence-electron chi connectivity index (χ2n) is 1.44. The monoisotopic (exact) mass is 364 g/mol. The van der Waals surface area contributed by atoms with Crippen molar-refractivity contribution in [2.24, 2.45) is 0 Å². The number of rotatable bonds is 0. The fourth-order valence-electron chi connectivity index (χ4n) is 0.460. The maximum atomic E-state index is 2.30. The first-order valence-corrected chi connectivity index (χ1v) is 4.36. The summed E-state index contributed by atoms with van der Waals surface area (Å²) >= 11 is 4.60. The minimum absolute atomic E-state index is 0. The van der Waals surface area contributed by atoms with Crippen LogP contribution in [-0.4, -0.2) is 0 Å². The van der Waals surface area contributed by atoms with Gasteiger partial charge in [0.25, 0.3) is 0 Å². The van der Waals surface area contributed by atoms with E-state index in [-0.39, 0.29) is 13.5 Å². The van der Waals surface area contributed by atoms with Crippen molar-refractivity contribution in [1.29, 1.82) is 0 Å². The lowest BCUT2D eigenvalue weighted by atomic mass is 10.4. The van der Waals surface area contributed by atoms with Crippen LogP contribution in [0.4, 0.5) is 0 Å². The molecular weight excluding hydrogens is 358 g/mol. The smallest absolute Gasteiger partial charge is 0.0140 e. The van der Waals surface area contributed by atoms with Crippen molar-refractivity contribution < 1.29 is 0 Å². The van der Waals surface area contributed by atoms with Crippen LogP contribution in [-0.2, 0) is 0 Å². The van der Waals surface area contributed by atoms with E-state index in [9.17, 15) is 0 Å². The van der Waals surface area contributed by atoms with Gasteiger partial charge in [0, 0.05) is 7.14 Å². The molecule has 0 bridgehead atoms. The maximum Gasteiger partial charge on any atom is 0.0140 e. The zero-order valence-electron chi connectivity index (χ0n) is 4.57. The Morgan fingerprint density at radius 1 is 1.00 bits per heavy atom. The molecule has 0 aliphatic carbocycles. The molecule has 0 spiro atoms. The van der Waals surface area contributed by atoms with Gasteiger partial charge in [-0.2, -0.15) is 13.5 Å². The summed E-state index contributed by atoms with van der Waals surface area (Å²) in [7, 11) is 0. The van der Waals surface area contributed by atoms with Crippen molar-refractivity contribution in [3.63, 3.8) is 0 Å². The minimum atomic E-state index is 0. The largest absolute Gasteiger partial charge is 0.197 e. The fourth-order valence-corrected chi connectivity index (χ4v) is 2.14. The summed E-state index contributed by atoms with van der Waals surface area (Å²) in [6, 6.07) is 8.37. The Balaban J connectivity index is 0.000000640. The standard InChI is InChI=1S/C6H4I2.H2S/c7-5-2-1-3-6(8)4-5;/h1-4H;1H2. The van der Waals surface area contributed by atoms with Crippen molar-refractivity contribution in [3.8, 4) is 0 Å². The second-order valence-corrected chi connectivity index (χ2v) is 3.93. The van der Waals surface area contributed by atoms with Gasteiger partial charge in [-0.15, -0.1) is 0 Å². The highest BCUT2D eigenvalue weighted by atomic mass is 127. The lowest BCUT2D eigenvalue weighted by Gasteiger charge is -1.87. The van der Waals surface area contributed by atoms with Gasteiger partial charge in [-0.1, -0.05) is 6.07 Å². The molecule has 0 saturated carbocycles. The number of hydrogen-bond donors (Lipinski definition) is 0. The lowest BCUT2D eigenvalue weighted by molar-refractivity contribution is 1.60. The number of halogens is 2. The Bertz CT molecular complexity index is 171. The Kier molecular flexibility index (Phi) is 5.33. The van der Waals surface area contributed by atoms with Crippen LogP contribution < -0.4 is 0 Å². The van der Waals surface area contributed by atoms with Crippen molar-refractivity contribution in [3.05, 3.63) is 31.4 Å². The van der Waals surface area contributed by atoms with E-state index >= 15 is 0 Å². The second kappa shape index (κ2) is 4.79. The Hall–Kier alpha value is 1.03. The number of benzene rings is 1. The van der Waals surface area contributed by atoms with E-state index in [1.165, 1.54) is 7.14 Å². The van der Waals surface area contributed by atoms with E-state index in [1.807, 2.05) is 0 Å². The first-order valence-electron chi connectivity index (χ1n) is 2.20. The van der Waals surface area contributed by atoms with Gasteiger partial charge < -0.3 is 0 Å². The summed E-state index contributed by atoms with van der Waals surface area (Å²) in [6.45, 7) is 0. The molecule has 1 aromatic carbocycles. The molecule has 0 amide bonds. The predicted molar refractivity (Wildman–Crippen MR) is 62.3 cm³/mol. The molecule has 0 aliphatic heterocycles. The molecule has 0 radical (unpaired) electrons. The highest BCUT2D eigenvalue weighted by molar-refractivity contribution is 14.1. The Labute approximate surface area is 89.1 Å². The SMILES string of the molecule is Ic1cccc(I)c1.S. The molecule has 0 fully saturated rings. The summed E-state index contributed by atoms with van der Waals surface area (Å²) in [6.07, 6.45) is 0. The molecule has 9 heavy (non-hydrogen) atoms. The molecule has 1 rings (SSSR count). The molecule has 0 saturated heterocycles. The molecule has 0 aromatic heterocycles. The van der Waals surface area contributed by atoms with Gasteiger partial charge in [0.05, 0.1) is 0 Å². The molecule has 0 heterocycles. The van der Waals surface area contributed by atoms with E-state index in [2.05, 4.69) is 69.4 Å². The van der Waals surface area contributed by atoms with Crippen molar-refractivity contribution >= 4 is 58.7 Å². The normalized spacial score (nSPS) is 8.22. The van der Waals surface area contributed by atoms with Gasteiger partial charge >= 0.3 is 0 Å². The quantitative estimate of drug-likeness (QED) is 0.621. The molecule has 0 N–H and O–H groups in total.